The topological polar surface area (TPSA) is 17.1 Å². The van der Waals surface area contributed by atoms with Crippen LogP contribution in [0.2, 0.25) is 0 Å². The predicted molar refractivity (Wildman–Crippen MR) is 40.4 cm³/mol. The van der Waals surface area contributed by atoms with E-state index in [1.165, 1.54) is 4.91 Å². The summed E-state index contributed by atoms with van der Waals surface area (Å²) in [4.78, 5) is 12.1. The fourth-order valence-corrected chi connectivity index (χ4v) is 1.77. The normalized spacial score (nSPS) is 26.7. The maximum atomic E-state index is 10.8. The maximum Gasteiger partial charge on any atom is 0.169 e. The minimum Gasteiger partial charge on any atom is -0.294 e. The second-order valence-corrected chi connectivity index (χ2v) is 3.59. The van der Waals surface area contributed by atoms with Crippen molar-refractivity contribution in [3.8, 4) is 0 Å². The molecule has 1 heterocycles. The summed E-state index contributed by atoms with van der Waals surface area (Å²) in [7, 11) is 0. The van der Waals surface area contributed by atoms with Crippen LogP contribution in [0.15, 0.2) is 11.0 Å². The third-order valence-corrected chi connectivity index (χ3v) is 2.68. The van der Waals surface area contributed by atoms with Crippen molar-refractivity contribution >= 4 is 17.5 Å². The molecule has 0 saturated heterocycles. The minimum atomic E-state index is 0.181. The molecule has 1 aliphatic heterocycles. The summed E-state index contributed by atoms with van der Waals surface area (Å²) >= 11 is 1.69. The lowest BCUT2D eigenvalue weighted by Crippen LogP contribution is -2.02. The van der Waals surface area contributed by atoms with E-state index in [4.69, 9.17) is 0 Å². The van der Waals surface area contributed by atoms with Crippen LogP contribution >= 0.6 is 11.8 Å². The van der Waals surface area contributed by atoms with E-state index >= 15 is 0 Å². The summed E-state index contributed by atoms with van der Waals surface area (Å²) in [6, 6.07) is 0. The fraction of sp³-hybridized carbons (Fsp3) is 0.571. The zero-order chi connectivity index (χ0) is 6.85. The van der Waals surface area contributed by atoms with Crippen molar-refractivity contribution in [1.29, 1.82) is 0 Å². The van der Waals surface area contributed by atoms with Gasteiger partial charge in [-0.05, 0) is 24.3 Å². The molecule has 0 saturated carbocycles. The van der Waals surface area contributed by atoms with Gasteiger partial charge in [-0.1, -0.05) is 6.92 Å². The highest BCUT2D eigenvalue weighted by Crippen LogP contribution is 2.31. The van der Waals surface area contributed by atoms with Gasteiger partial charge in [-0.25, -0.2) is 0 Å². The molecule has 0 radical (unpaired) electrons. The monoisotopic (exact) mass is 142 g/mol. The van der Waals surface area contributed by atoms with E-state index in [1.807, 2.05) is 6.92 Å². The average Bonchev–Trinajstić information content (AvgIpc) is 2.13. The highest BCUT2D eigenvalue weighted by molar-refractivity contribution is 8.04. The number of allylic oxidation sites excluding steroid dienone is 2. The minimum absolute atomic E-state index is 0.181. The molecule has 1 nitrogen and oxygen atoms in total. The van der Waals surface area contributed by atoms with Crippen LogP contribution in [-0.2, 0) is 4.79 Å². The lowest BCUT2D eigenvalue weighted by molar-refractivity contribution is -0.113. The van der Waals surface area contributed by atoms with Gasteiger partial charge in [0.15, 0.2) is 5.78 Å². The zero-order valence-electron chi connectivity index (χ0n) is 5.68. The van der Waals surface area contributed by atoms with Crippen molar-refractivity contribution in [2.45, 2.75) is 25.5 Å². The Kier molecular flexibility index (Phi) is 1.96. The van der Waals surface area contributed by atoms with Gasteiger partial charge in [0, 0.05) is 0 Å². The first-order valence-corrected chi connectivity index (χ1v) is 4.03. The highest BCUT2D eigenvalue weighted by Gasteiger charge is 2.19. The molecule has 0 amide bonds. The Labute approximate surface area is 59.5 Å². The molecule has 1 rings (SSSR count). The molecule has 0 bridgehead atoms. The van der Waals surface area contributed by atoms with Crippen LogP contribution in [0.25, 0.3) is 0 Å². The van der Waals surface area contributed by atoms with Crippen LogP contribution in [0.4, 0.5) is 0 Å². The van der Waals surface area contributed by atoms with Gasteiger partial charge in [0.25, 0.3) is 0 Å². The van der Waals surface area contributed by atoms with Gasteiger partial charge in [-0.15, -0.1) is 11.8 Å². The number of hydrogen-bond donors (Lipinski definition) is 0. The number of ketones is 1. The van der Waals surface area contributed by atoms with E-state index < -0.39 is 0 Å². The summed E-state index contributed by atoms with van der Waals surface area (Å²) in [5.41, 5.74) is 0. The Balaban J connectivity index is 2.62. The molecule has 9 heavy (non-hydrogen) atoms. The first-order chi connectivity index (χ1) is 4.24. The van der Waals surface area contributed by atoms with Gasteiger partial charge < -0.3 is 0 Å². The summed E-state index contributed by atoms with van der Waals surface area (Å²) < 4.78 is 0. The Morgan fingerprint density at radius 1 is 1.78 bits per heavy atom. The molecular formula is C7H10OS. The largest absolute Gasteiger partial charge is 0.294 e. The van der Waals surface area contributed by atoms with Crippen molar-refractivity contribution in [3.05, 3.63) is 11.0 Å². The van der Waals surface area contributed by atoms with Crippen LogP contribution in [0.3, 0.4) is 0 Å². The predicted octanol–water partition coefficient (Wildman–Crippen LogP) is 1.98. The SMILES string of the molecule is CCC1=CC(=O)C(C)S1. The first kappa shape index (κ1) is 6.87. The molecule has 1 unspecified atom stereocenters. The van der Waals surface area contributed by atoms with E-state index in [1.54, 1.807) is 17.8 Å². The van der Waals surface area contributed by atoms with Crippen molar-refractivity contribution in [2.75, 3.05) is 0 Å². The van der Waals surface area contributed by atoms with Gasteiger partial charge >= 0.3 is 0 Å². The van der Waals surface area contributed by atoms with Crippen molar-refractivity contribution in [3.63, 3.8) is 0 Å². The lowest BCUT2D eigenvalue weighted by atomic mass is 10.3. The van der Waals surface area contributed by atoms with E-state index in [9.17, 15) is 4.79 Å². The van der Waals surface area contributed by atoms with Gasteiger partial charge in [0.05, 0.1) is 5.25 Å². The second-order valence-electron chi connectivity index (χ2n) is 2.13. The number of carbonyl (C=O) groups excluding carboxylic acids is 1. The molecule has 0 aromatic carbocycles. The standard InChI is InChI=1S/C7H10OS/c1-3-6-4-7(8)5(2)9-6/h4-5H,3H2,1-2H3. The number of hydrogen-bond acceptors (Lipinski definition) is 2. The summed E-state index contributed by atoms with van der Waals surface area (Å²) in [5.74, 6) is 0.275. The summed E-state index contributed by atoms with van der Waals surface area (Å²) in [5, 5.41) is 0.181. The molecule has 0 spiro atoms. The van der Waals surface area contributed by atoms with Crippen LogP contribution in [0.5, 0.6) is 0 Å². The molecule has 0 aliphatic carbocycles. The number of carbonyl (C=O) groups is 1. The van der Waals surface area contributed by atoms with E-state index in [2.05, 4.69) is 6.92 Å². The number of thioether (sulfide) groups is 1. The van der Waals surface area contributed by atoms with Crippen LogP contribution in [0.1, 0.15) is 20.3 Å². The van der Waals surface area contributed by atoms with Crippen molar-refractivity contribution < 1.29 is 4.79 Å². The quantitative estimate of drug-likeness (QED) is 0.557. The van der Waals surface area contributed by atoms with Gasteiger partial charge in [0.2, 0.25) is 0 Å². The molecular weight excluding hydrogens is 132 g/mol. The smallest absolute Gasteiger partial charge is 0.169 e. The summed E-state index contributed by atoms with van der Waals surface area (Å²) in [6.07, 6.45) is 2.76. The highest BCUT2D eigenvalue weighted by atomic mass is 32.2. The summed E-state index contributed by atoms with van der Waals surface area (Å²) in [6.45, 7) is 4.02. The Bertz CT molecular complexity index is 160. The molecule has 1 atom stereocenters. The van der Waals surface area contributed by atoms with E-state index in [-0.39, 0.29) is 11.0 Å². The van der Waals surface area contributed by atoms with Crippen LogP contribution < -0.4 is 0 Å². The van der Waals surface area contributed by atoms with E-state index in [0.717, 1.165) is 6.42 Å². The van der Waals surface area contributed by atoms with E-state index in [0.29, 0.717) is 0 Å². The fourth-order valence-electron chi connectivity index (χ4n) is 0.781. The molecule has 2 heteroatoms. The lowest BCUT2D eigenvalue weighted by Gasteiger charge is -1.96. The van der Waals surface area contributed by atoms with Crippen molar-refractivity contribution in [1.82, 2.24) is 0 Å². The third-order valence-electron chi connectivity index (χ3n) is 1.38. The molecule has 0 N–H and O–H groups in total. The van der Waals surface area contributed by atoms with Crippen LogP contribution in [-0.4, -0.2) is 11.0 Å². The second kappa shape index (κ2) is 2.56. The average molecular weight is 142 g/mol. The van der Waals surface area contributed by atoms with Crippen LogP contribution in [0, 0.1) is 0 Å². The molecule has 1 aliphatic rings. The van der Waals surface area contributed by atoms with Gasteiger partial charge in [-0.2, -0.15) is 0 Å². The Morgan fingerprint density at radius 3 is 2.67 bits per heavy atom. The van der Waals surface area contributed by atoms with Gasteiger partial charge in [-0.3, -0.25) is 4.79 Å². The molecule has 50 valence electrons. The zero-order valence-corrected chi connectivity index (χ0v) is 6.49. The molecule has 0 fully saturated rings. The molecule has 0 aromatic heterocycles. The Morgan fingerprint density at radius 2 is 2.44 bits per heavy atom. The first-order valence-electron chi connectivity index (χ1n) is 3.15. The molecule has 0 aromatic rings. The van der Waals surface area contributed by atoms with Gasteiger partial charge in [0.1, 0.15) is 0 Å². The number of rotatable bonds is 1. The Hall–Kier alpha value is -0.240. The van der Waals surface area contributed by atoms with Crippen molar-refractivity contribution in [2.24, 2.45) is 0 Å². The maximum absolute atomic E-state index is 10.8. The third kappa shape index (κ3) is 1.36.